The Bertz CT molecular complexity index is 1340. The van der Waals surface area contributed by atoms with Crippen LogP contribution >= 0.6 is 7.82 Å². The maximum absolute atomic E-state index is 13.0. The van der Waals surface area contributed by atoms with Crippen molar-refractivity contribution in [3.05, 3.63) is 48.6 Å². The van der Waals surface area contributed by atoms with Crippen molar-refractivity contribution >= 4 is 13.7 Å². The lowest BCUT2D eigenvalue weighted by Crippen LogP contribution is -2.46. The molecule has 0 aliphatic carbocycles. The van der Waals surface area contributed by atoms with Crippen molar-refractivity contribution in [2.24, 2.45) is 0 Å². The van der Waals surface area contributed by atoms with Crippen LogP contribution in [-0.4, -0.2) is 68.5 Å². The average molecular weight is 1060 g/mol. The molecule has 74 heavy (non-hydrogen) atoms. The number of carbonyl (C=O) groups excluding carboxylic acids is 1. The molecule has 2 N–H and O–H groups in total. The summed E-state index contributed by atoms with van der Waals surface area (Å²) in [6, 6.07) is -0.812. The number of unbranched alkanes of at least 4 members (excludes halogenated alkanes) is 38. The first-order chi connectivity index (χ1) is 36.0. The van der Waals surface area contributed by atoms with Gasteiger partial charge in [-0.05, 0) is 51.4 Å². The summed E-state index contributed by atoms with van der Waals surface area (Å²) in [7, 11) is 1.30. The number of carbonyl (C=O) groups is 1. The minimum atomic E-state index is -4.58. The number of nitrogens with one attached hydrogen (secondary N) is 1. The van der Waals surface area contributed by atoms with Crippen molar-refractivity contribution in [3.63, 3.8) is 0 Å². The number of quaternary nitrogens is 1. The molecule has 0 aromatic heterocycles. The van der Waals surface area contributed by atoms with Crippen molar-refractivity contribution in [2.45, 2.75) is 321 Å². The Morgan fingerprint density at radius 3 is 1.20 bits per heavy atom. The average Bonchev–Trinajstić information content (AvgIpc) is 3.36. The van der Waals surface area contributed by atoms with E-state index in [0.29, 0.717) is 23.9 Å². The predicted octanol–water partition coefficient (Wildman–Crippen LogP) is 19.2. The Labute approximate surface area is 460 Å². The van der Waals surface area contributed by atoms with Crippen molar-refractivity contribution in [1.29, 1.82) is 0 Å². The van der Waals surface area contributed by atoms with Crippen molar-refractivity contribution in [2.75, 3.05) is 40.9 Å². The molecule has 0 rings (SSSR count). The van der Waals surface area contributed by atoms with Gasteiger partial charge in [-0.1, -0.05) is 300 Å². The monoisotopic (exact) mass is 1060 g/mol. The summed E-state index contributed by atoms with van der Waals surface area (Å²) in [5.74, 6) is -0.176. The lowest BCUT2D eigenvalue weighted by molar-refractivity contribution is -0.870. The third-order valence-corrected chi connectivity index (χ3v) is 15.5. The lowest BCUT2D eigenvalue weighted by Gasteiger charge is -2.30. The zero-order chi connectivity index (χ0) is 54.2. The molecular weight excluding hydrogens is 936 g/mol. The third-order valence-electron chi connectivity index (χ3n) is 14.6. The van der Waals surface area contributed by atoms with Gasteiger partial charge in [0.05, 0.1) is 39.9 Å². The number of nitrogens with zero attached hydrogens (tertiary/aromatic N) is 1. The molecule has 0 saturated carbocycles. The van der Waals surface area contributed by atoms with E-state index < -0.39 is 20.0 Å². The maximum atomic E-state index is 13.0. The van der Waals surface area contributed by atoms with Gasteiger partial charge in [0.1, 0.15) is 13.2 Å². The van der Waals surface area contributed by atoms with E-state index in [1.807, 2.05) is 21.1 Å². The van der Waals surface area contributed by atoms with Crippen LogP contribution in [0.5, 0.6) is 0 Å². The van der Waals surface area contributed by atoms with Crippen LogP contribution in [0.4, 0.5) is 0 Å². The van der Waals surface area contributed by atoms with Gasteiger partial charge in [0, 0.05) is 6.42 Å². The topological polar surface area (TPSA) is 108 Å². The summed E-state index contributed by atoms with van der Waals surface area (Å²) in [4.78, 5) is 25.6. The standard InChI is InChI=1S/C65H125N2O6P/c1-6-8-10-12-14-16-18-20-22-24-26-27-28-29-30-31-32-33-34-35-36-37-38-39-41-42-44-46-48-50-52-54-56-58-64(68)63(62-73-74(70,71)72-61-60-67(3,4)5)66-65(69)59-57-55-53-51-49-47-45-43-40-25-23-21-19-17-15-13-11-9-7-2/h9,11,15,17,21,23,40,43,63-64,68H,6-8,10,12-14,16,18-20,22,24-39,41-42,44-62H2,1-5H3,(H-,66,69,70,71)/b11-9-,17-15-,23-21-,43-40-. The number of hydrogen-bond acceptors (Lipinski definition) is 6. The van der Waals surface area contributed by atoms with E-state index in [1.165, 1.54) is 205 Å². The number of phosphoric acid groups is 1. The Balaban J connectivity index is 4.03. The first kappa shape index (κ1) is 72.5. The second-order valence-electron chi connectivity index (χ2n) is 23.1. The van der Waals surface area contributed by atoms with Crippen LogP contribution in [0.1, 0.15) is 309 Å². The summed E-state index contributed by atoms with van der Waals surface area (Å²) < 4.78 is 23.5. The highest BCUT2D eigenvalue weighted by Gasteiger charge is 2.24. The number of likely N-dealkylation sites (N-methyl/N-ethyl adjacent to an activating group) is 1. The van der Waals surface area contributed by atoms with Crippen LogP contribution in [-0.2, 0) is 18.4 Å². The van der Waals surface area contributed by atoms with E-state index in [2.05, 4.69) is 67.8 Å². The molecule has 0 aromatic rings. The number of rotatable bonds is 59. The molecule has 436 valence electrons. The van der Waals surface area contributed by atoms with Crippen LogP contribution in [0.3, 0.4) is 0 Å². The second-order valence-corrected chi connectivity index (χ2v) is 24.5. The van der Waals surface area contributed by atoms with Crippen molar-refractivity contribution in [1.82, 2.24) is 5.32 Å². The lowest BCUT2D eigenvalue weighted by atomic mass is 10.0. The molecule has 0 bridgehead atoms. The SMILES string of the molecule is CC/C=C\C/C=C\C/C=C\C/C=C\CCCCCCCCC(=O)NC(COP(=O)([O-])OCC[N+](C)(C)C)C(O)CCCCCCCCCCCCCCCCCCCCCCCCCCCCCCCCCCC. The second kappa shape index (κ2) is 56.2. The maximum Gasteiger partial charge on any atom is 0.268 e. The highest BCUT2D eigenvalue weighted by molar-refractivity contribution is 7.45. The van der Waals surface area contributed by atoms with Crippen molar-refractivity contribution in [3.8, 4) is 0 Å². The molecule has 0 aliphatic rings. The van der Waals surface area contributed by atoms with E-state index in [-0.39, 0.29) is 19.1 Å². The van der Waals surface area contributed by atoms with Gasteiger partial charge in [-0.15, -0.1) is 0 Å². The molecule has 0 radical (unpaired) electrons. The van der Waals surface area contributed by atoms with Gasteiger partial charge in [0.25, 0.3) is 7.82 Å². The molecule has 0 fully saturated rings. The highest BCUT2D eigenvalue weighted by Crippen LogP contribution is 2.38. The first-order valence-electron chi connectivity index (χ1n) is 32.0. The van der Waals surface area contributed by atoms with Gasteiger partial charge in [-0.3, -0.25) is 9.36 Å². The van der Waals surface area contributed by atoms with E-state index in [9.17, 15) is 19.4 Å². The summed E-state index contributed by atoms with van der Waals surface area (Å²) >= 11 is 0. The summed E-state index contributed by atoms with van der Waals surface area (Å²) in [5, 5.41) is 14.0. The molecule has 0 aliphatic heterocycles. The largest absolute Gasteiger partial charge is 0.756 e. The van der Waals surface area contributed by atoms with E-state index in [1.54, 1.807) is 0 Å². The zero-order valence-electron chi connectivity index (χ0n) is 49.8. The van der Waals surface area contributed by atoms with Gasteiger partial charge in [0.2, 0.25) is 5.91 Å². The molecule has 8 nitrogen and oxygen atoms in total. The van der Waals surface area contributed by atoms with E-state index in [0.717, 1.165) is 77.0 Å². The molecule has 0 saturated heterocycles. The van der Waals surface area contributed by atoms with Crippen LogP contribution < -0.4 is 10.2 Å². The minimum absolute atomic E-state index is 0.00794. The van der Waals surface area contributed by atoms with Crippen LogP contribution in [0, 0.1) is 0 Å². The Kier molecular flexibility index (Phi) is 55.0. The third kappa shape index (κ3) is 58.1. The normalized spacial score (nSPS) is 14.1. The Morgan fingerprint density at radius 1 is 0.486 bits per heavy atom. The molecule has 0 heterocycles. The van der Waals surface area contributed by atoms with Gasteiger partial charge >= 0.3 is 0 Å². The fraction of sp³-hybridized carbons (Fsp3) is 0.862. The minimum Gasteiger partial charge on any atom is -0.756 e. The molecule has 3 unspecified atom stereocenters. The molecule has 0 aromatic carbocycles. The Hall–Kier alpha value is -1.54. The van der Waals surface area contributed by atoms with Crippen LogP contribution in [0.2, 0.25) is 0 Å². The highest BCUT2D eigenvalue weighted by atomic mass is 31.2. The van der Waals surface area contributed by atoms with E-state index >= 15 is 0 Å². The number of allylic oxidation sites excluding steroid dienone is 8. The summed E-state index contributed by atoms with van der Waals surface area (Å²) in [6.07, 6.45) is 74.6. The fourth-order valence-corrected chi connectivity index (χ4v) is 10.3. The number of amides is 1. The smallest absolute Gasteiger partial charge is 0.268 e. The fourth-order valence-electron chi connectivity index (χ4n) is 9.62. The number of phosphoric ester groups is 1. The van der Waals surface area contributed by atoms with Gasteiger partial charge in [-0.25, -0.2) is 0 Å². The molecule has 0 spiro atoms. The van der Waals surface area contributed by atoms with Gasteiger partial charge in [0.15, 0.2) is 0 Å². The first-order valence-corrected chi connectivity index (χ1v) is 33.4. The van der Waals surface area contributed by atoms with E-state index in [4.69, 9.17) is 9.05 Å². The summed E-state index contributed by atoms with van der Waals surface area (Å²) in [6.45, 7) is 4.63. The van der Waals surface area contributed by atoms with Crippen LogP contribution in [0.15, 0.2) is 48.6 Å². The molecule has 3 atom stereocenters. The van der Waals surface area contributed by atoms with Gasteiger partial charge < -0.3 is 28.8 Å². The predicted molar refractivity (Wildman–Crippen MR) is 321 cm³/mol. The van der Waals surface area contributed by atoms with Crippen LogP contribution in [0.25, 0.3) is 0 Å². The number of aliphatic hydroxyl groups excluding tert-OH is 1. The molecular formula is C65H125N2O6P. The van der Waals surface area contributed by atoms with Gasteiger partial charge in [-0.2, -0.15) is 0 Å². The Morgan fingerprint density at radius 2 is 0.824 bits per heavy atom. The quantitative estimate of drug-likeness (QED) is 0.0272. The molecule has 1 amide bonds. The number of aliphatic hydroxyl groups is 1. The number of hydrogen-bond donors (Lipinski definition) is 2. The zero-order valence-corrected chi connectivity index (χ0v) is 50.7. The molecule has 9 heteroatoms. The van der Waals surface area contributed by atoms with Crippen molar-refractivity contribution < 1.29 is 32.9 Å². The summed E-state index contributed by atoms with van der Waals surface area (Å²) in [5.41, 5.74) is 0.